The number of thiazole rings is 1. The van der Waals surface area contributed by atoms with Crippen LogP contribution in [0.15, 0.2) is 42.5 Å². The van der Waals surface area contributed by atoms with Gasteiger partial charge in [-0.15, -0.1) is 11.3 Å². The average molecular weight is 394 g/mol. The van der Waals surface area contributed by atoms with Crippen LogP contribution in [0.4, 0.5) is 5.69 Å². The summed E-state index contributed by atoms with van der Waals surface area (Å²) >= 11 is 13.5. The van der Waals surface area contributed by atoms with E-state index >= 15 is 0 Å². The molecule has 1 N–H and O–H groups in total. The molecule has 1 atom stereocenters. The molecule has 0 aliphatic carbocycles. The Morgan fingerprint density at radius 3 is 2.72 bits per heavy atom. The Kier molecular flexibility index (Phi) is 5.59. The Morgan fingerprint density at radius 2 is 2.00 bits per heavy atom. The highest BCUT2D eigenvalue weighted by atomic mass is 35.5. The van der Waals surface area contributed by atoms with Gasteiger partial charge in [-0.05, 0) is 44.3 Å². The quantitative estimate of drug-likeness (QED) is 0.644. The molecule has 0 radical (unpaired) electrons. The summed E-state index contributed by atoms with van der Waals surface area (Å²) in [6.07, 6.45) is 0. The Balaban J connectivity index is 1.64. The number of hydrogen-bond acceptors (Lipinski definition) is 4. The van der Waals surface area contributed by atoms with Crippen LogP contribution in [-0.4, -0.2) is 29.4 Å². The minimum atomic E-state index is -0.117. The van der Waals surface area contributed by atoms with Gasteiger partial charge in [-0.1, -0.05) is 35.3 Å². The maximum Gasteiger partial charge on any atom is 0.238 e. The molecular formula is C18H17Cl2N3OS. The predicted octanol–water partition coefficient (Wildman–Crippen LogP) is 5.23. The van der Waals surface area contributed by atoms with E-state index in [-0.39, 0.29) is 18.5 Å². The minimum Gasteiger partial charge on any atom is -0.325 e. The van der Waals surface area contributed by atoms with E-state index in [0.29, 0.717) is 15.7 Å². The third-order valence-electron chi connectivity index (χ3n) is 3.93. The number of carbonyl (C=O) groups excluding carboxylic acids is 1. The van der Waals surface area contributed by atoms with Gasteiger partial charge in [0.05, 0.1) is 32.8 Å². The lowest BCUT2D eigenvalue weighted by Crippen LogP contribution is -2.32. The number of carbonyl (C=O) groups is 1. The summed E-state index contributed by atoms with van der Waals surface area (Å²) in [5, 5.41) is 4.70. The van der Waals surface area contributed by atoms with Crippen molar-refractivity contribution < 1.29 is 4.79 Å². The molecule has 3 aromatic rings. The van der Waals surface area contributed by atoms with Crippen LogP contribution in [0.1, 0.15) is 18.0 Å². The number of amides is 1. The summed E-state index contributed by atoms with van der Waals surface area (Å²) < 4.78 is 1.15. The average Bonchev–Trinajstić information content (AvgIpc) is 3.01. The van der Waals surface area contributed by atoms with Crippen LogP contribution < -0.4 is 5.32 Å². The van der Waals surface area contributed by atoms with E-state index in [1.165, 1.54) is 0 Å². The van der Waals surface area contributed by atoms with E-state index in [0.717, 1.165) is 15.2 Å². The molecule has 0 aliphatic rings. The van der Waals surface area contributed by atoms with Crippen molar-refractivity contribution in [2.75, 3.05) is 18.9 Å². The third kappa shape index (κ3) is 4.30. The predicted molar refractivity (Wildman–Crippen MR) is 106 cm³/mol. The second-order valence-electron chi connectivity index (χ2n) is 5.79. The van der Waals surface area contributed by atoms with Crippen molar-refractivity contribution in [3.05, 3.63) is 57.5 Å². The molecule has 0 aliphatic heterocycles. The zero-order valence-electron chi connectivity index (χ0n) is 13.8. The molecule has 0 spiro atoms. The van der Waals surface area contributed by atoms with Crippen LogP contribution in [0.3, 0.4) is 0 Å². The molecule has 0 unspecified atom stereocenters. The Morgan fingerprint density at radius 1 is 1.24 bits per heavy atom. The fourth-order valence-electron chi connectivity index (χ4n) is 2.40. The van der Waals surface area contributed by atoms with Crippen molar-refractivity contribution in [3.63, 3.8) is 0 Å². The summed E-state index contributed by atoms with van der Waals surface area (Å²) in [6, 6.07) is 13.1. The van der Waals surface area contributed by atoms with Crippen LogP contribution in [0.2, 0.25) is 10.0 Å². The van der Waals surface area contributed by atoms with Crippen molar-refractivity contribution in [1.29, 1.82) is 0 Å². The maximum absolute atomic E-state index is 12.3. The molecule has 0 saturated carbocycles. The smallest absolute Gasteiger partial charge is 0.238 e. The number of likely N-dealkylation sites (N-methyl/N-ethyl adjacent to an activating group) is 1. The third-order valence-corrected chi connectivity index (χ3v) is 5.87. The number of rotatable bonds is 5. The number of anilines is 1. The molecule has 130 valence electrons. The summed E-state index contributed by atoms with van der Waals surface area (Å²) in [6.45, 7) is 2.29. The molecule has 0 bridgehead atoms. The van der Waals surface area contributed by atoms with Crippen molar-refractivity contribution >= 4 is 56.3 Å². The van der Waals surface area contributed by atoms with Gasteiger partial charge >= 0.3 is 0 Å². The highest BCUT2D eigenvalue weighted by molar-refractivity contribution is 7.18. The van der Waals surface area contributed by atoms with Crippen LogP contribution in [0, 0.1) is 0 Å². The van der Waals surface area contributed by atoms with Crippen molar-refractivity contribution in [2.45, 2.75) is 13.0 Å². The number of hydrogen-bond donors (Lipinski definition) is 1. The number of nitrogens with zero attached hydrogens (tertiary/aromatic N) is 2. The van der Waals surface area contributed by atoms with Crippen LogP contribution in [-0.2, 0) is 4.79 Å². The molecule has 4 nitrogen and oxygen atoms in total. The first kappa shape index (κ1) is 18.1. The molecule has 7 heteroatoms. The summed E-state index contributed by atoms with van der Waals surface area (Å²) in [5.41, 5.74) is 1.61. The molecule has 25 heavy (non-hydrogen) atoms. The first-order chi connectivity index (χ1) is 11.9. The van der Waals surface area contributed by atoms with Gasteiger partial charge in [-0.2, -0.15) is 0 Å². The number of para-hydroxylation sites is 1. The van der Waals surface area contributed by atoms with Crippen molar-refractivity contribution in [2.24, 2.45) is 0 Å². The van der Waals surface area contributed by atoms with Gasteiger partial charge in [-0.3, -0.25) is 9.69 Å². The number of nitrogens with one attached hydrogen (secondary N) is 1. The van der Waals surface area contributed by atoms with E-state index in [2.05, 4.69) is 16.4 Å². The van der Waals surface area contributed by atoms with E-state index < -0.39 is 0 Å². The van der Waals surface area contributed by atoms with Gasteiger partial charge in [0.25, 0.3) is 0 Å². The van der Waals surface area contributed by atoms with Gasteiger partial charge in [0.2, 0.25) is 5.91 Å². The van der Waals surface area contributed by atoms with E-state index in [1.807, 2.05) is 37.1 Å². The van der Waals surface area contributed by atoms with Gasteiger partial charge in [-0.25, -0.2) is 4.98 Å². The molecule has 1 amide bonds. The van der Waals surface area contributed by atoms with E-state index in [4.69, 9.17) is 23.2 Å². The largest absolute Gasteiger partial charge is 0.325 e. The second-order valence-corrected chi connectivity index (χ2v) is 7.66. The number of benzene rings is 2. The van der Waals surface area contributed by atoms with Gasteiger partial charge in [0.15, 0.2) is 0 Å². The zero-order chi connectivity index (χ0) is 18.0. The monoisotopic (exact) mass is 393 g/mol. The second kappa shape index (κ2) is 7.70. The van der Waals surface area contributed by atoms with Crippen LogP contribution >= 0.6 is 34.5 Å². The number of aromatic nitrogens is 1. The number of halogens is 2. The Labute approximate surface area is 160 Å². The first-order valence-electron chi connectivity index (χ1n) is 7.74. The zero-order valence-corrected chi connectivity index (χ0v) is 16.1. The fraction of sp³-hybridized carbons (Fsp3) is 0.222. The molecular weight excluding hydrogens is 377 g/mol. The summed E-state index contributed by atoms with van der Waals surface area (Å²) in [4.78, 5) is 18.9. The van der Waals surface area contributed by atoms with E-state index in [9.17, 15) is 4.79 Å². The van der Waals surface area contributed by atoms with E-state index in [1.54, 1.807) is 29.5 Å². The highest BCUT2D eigenvalue weighted by Crippen LogP contribution is 2.29. The molecule has 2 aromatic carbocycles. The normalized spacial score (nSPS) is 12.5. The lowest BCUT2D eigenvalue weighted by atomic mass is 10.3. The molecule has 1 heterocycles. The van der Waals surface area contributed by atoms with Gasteiger partial charge in [0.1, 0.15) is 5.01 Å². The SMILES string of the molecule is C[C@@H](c1nc2ccccc2s1)N(C)CC(=O)Nc1ccc(Cl)c(Cl)c1. The van der Waals surface area contributed by atoms with Gasteiger partial charge in [0, 0.05) is 5.69 Å². The molecule has 0 fully saturated rings. The van der Waals surface area contributed by atoms with Crippen molar-refractivity contribution in [1.82, 2.24) is 9.88 Å². The van der Waals surface area contributed by atoms with Gasteiger partial charge < -0.3 is 5.32 Å². The molecule has 0 saturated heterocycles. The Bertz CT molecular complexity index is 879. The van der Waals surface area contributed by atoms with Crippen LogP contribution in [0.5, 0.6) is 0 Å². The maximum atomic E-state index is 12.3. The topological polar surface area (TPSA) is 45.2 Å². The first-order valence-corrected chi connectivity index (χ1v) is 9.32. The standard InChI is InChI=1S/C18H17Cl2N3OS/c1-11(18-22-15-5-3-4-6-16(15)25-18)23(2)10-17(24)21-12-7-8-13(19)14(20)9-12/h3-9,11H,10H2,1-2H3,(H,21,24)/t11-/m0/s1. The molecule has 1 aromatic heterocycles. The lowest BCUT2D eigenvalue weighted by Gasteiger charge is -2.22. The van der Waals surface area contributed by atoms with Crippen LogP contribution in [0.25, 0.3) is 10.2 Å². The number of fused-ring (bicyclic) bond motifs is 1. The summed E-state index contributed by atoms with van der Waals surface area (Å²) in [5.74, 6) is -0.117. The Hall–Kier alpha value is -1.66. The summed E-state index contributed by atoms with van der Waals surface area (Å²) in [7, 11) is 1.91. The highest BCUT2D eigenvalue weighted by Gasteiger charge is 2.18. The lowest BCUT2D eigenvalue weighted by molar-refractivity contribution is -0.117. The fourth-order valence-corrected chi connectivity index (χ4v) is 3.78. The minimum absolute atomic E-state index is 0.0388. The molecule has 3 rings (SSSR count). The van der Waals surface area contributed by atoms with Crippen molar-refractivity contribution in [3.8, 4) is 0 Å².